The van der Waals surface area contributed by atoms with Crippen LogP contribution in [0.15, 0.2) is 0 Å². The van der Waals surface area contributed by atoms with Crippen molar-refractivity contribution in [3.05, 3.63) is 0 Å². The molecule has 0 aromatic heterocycles. The lowest BCUT2D eigenvalue weighted by molar-refractivity contribution is -0.137. The molecule has 1 saturated heterocycles. The lowest BCUT2D eigenvalue weighted by atomic mass is 10.1. The van der Waals surface area contributed by atoms with E-state index < -0.39 is 5.97 Å². The predicted octanol–water partition coefficient (Wildman–Crippen LogP) is 1.83. The molecule has 0 saturated carbocycles. The van der Waals surface area contributed by atoms with Crippen LogP contribution < -0.4 is 10.6 Å². The van der Waals surface area contributed by atoms with Crippen molar-refractivity contribution in [1.29, 1.82) is 0 Å². The number of carbonyl (C=O) groups is 2. The first-order valence-electron chi connectivity index (χ1n) is 6.52. The summed E-state index contributed by atoms with van der Waals surface area (Å²) < 4.78 is 0. The Morgan fingerprint density at radius 1 is 1.22 bits per heavy atom. The van der Waals surface area contributed by atoms with E-state index in [1.165, 1.54) is 0 Å². The maximum atomic E-state index is 11.5. The van der Waals surface area contributed by atoms with Gasteiger partial charge in [-0.25, -0.2) is 4.79 Å². The molecule has 1 aliphatic rings. The van der Waals surface area contributed by atoms with Gasteiger partial charge in [-0.05, 0) is 25.0 Å². The summed E-state index contributed by atoms with van der Waals surface area (Å²) >= 11 is 1.87. The van der Waals surface area contributed by atoms with Crippen LogP contribution in [0.1, 0.15) is 38.5 Å². The summed E-state index contributed by atoms with van der Waals surface area (Å²) in [4.78, 5) is 21.7. The molecule has 0 aromatic carbocycles. The second-order valence-electron chi connectivity index (χ2n) is 4.52. The molecule has 1 rings (SSSR count). The van der Waals surface area contributed by atoms with Crippen LogP contribution in [-0.4, -0.2) is 41.2 Å². The molecule has 1 fully saturated rings. The third-order valence-corrected chi connectivity index (χ3v) is 4.03. The van der Waals surface area contributed by atoms with E-state index in [1.807, 2.05) is 11.8 Å². The van der Waals surface area contributed by atoms with Crippen molar-refractivity contribution in [2.45, 2.75) is 44.6 Å². The highest BCUT2D eigenvalue weighted by Gasteiger charge is 2.16. The van der Waals surface area contributed by atoms with Crippen molar-refractivity contribution in [2.75, 3.05) is 18.1 Å². The summed E-state index contributed by atoms with van der Waals surface area (Å²) in [6.45, 7) is 0.665. The fraction of sp³-hybridized carbons (Fsp3) is 0.833. The highest BCUT2D eigenvalue weighted by atomic mass is 32.2. The van der Waals surface area contributed by atoms with Crippen molar-refractivity contribution in [3.8, 4) is 0 Å². The number of carboxylic acid groups (broad SMARTS) is 1. The minimum atomic E-state index is -0.734. The van der Waals surface area contributed by atoms with Crippen LogP contribution >= 0.6 is 11.8 Å². The van der Waals surface area contributed by atoms with Crippen LogP contribution in [0.4, 0.5) is 4.79 Å². The van der Waals surface area contributed by atoms with Gasteiger partial charge in [-0.2, -0.15) is 11.8 Å². The summed E-state index contributed by atoms with van der Waals surface area (Å²) in [6, 6.07) is 0.249. The van der Waals surface area contributed by atoms with Crippen molar-refractivity contribution >= 4 is 23.8 Å². The number of hydrogen-bond acceptors (Lipinski definition) is 3. The van der Waals surface area contributed by atoms with E-state index in [4.69, 9.17) is 5.11 Å². The minimum absolute atomic E-state index is 0.0759. The summed E-state index contributed by atoms with van der Waals surface area (Å²) in [5, 5.41) is 14.2. The fourth-order valence-corrected chi connectivity index (χ4v) is 2.99. The average Bonchev–Trinajstić information content (AvgIpc) is 2.80. The minimum Gasteiger partial charge on any atom is -0.481 e. The van der Waals surface area contributed by atoms with E-state index in [9.17, 15) is 9.59 Å². The fourth-order valence-electron chi connectivity index (χ4n) is 1.84. The van der Waals surface area contributed by atoms with Gasteiger partial charge in [0.15, 0.2) is 0 Å². The molecule has 0 bridgehead atoms. The van der Waals surface area contributed by atoms with Crippen molar-refractivity contribution < 1.29 is 14.7 Å². The lowest BCUT2D eigenvalue weighted by Gasteiger charge is -2.12. The third-order valence-electron chi connectivity index (χ3n) is 2.87. The quantitative estimate of drug-likeness (QED) is 0.590. The van der Waals surface area contributed by atoms with Crippen molar-refractivity contribution in [3.63, 3.8) is 0 Å². The van der Waals surface area contributed by atoms with Crippen LogP contribution in [0.25, 0.3) is 0 Å². The first-order chi connectivity index (χ1) is 8.68. The van der Waals surface area contributed by atoms with Gasteiger partial charge in [0.25, 0.3) is 0 Å². The van der Waals surface area contributed by atoms with Gasteiger partial charge in [-0.1, -0.05) is 12.8 Å². The molecule has 1 aliphatic heterocycles. The smallest absolute Gasteiger partial charge is 0.315 e. The Bertz CT molecular complexity index is 268. The SMILES string of the molecule is O=C(O)CCCCCCNC(=O)NC1CCSC1. The molecular formula is C12H22N2O3S. The second-order valence-corrected chi connectivity index (χ2v) is 5.67. The zero-order chi connectivity index (χ0) is 13.2. The number of thioether (sulfide) groups is 1. The molecule has 1 heterocycles. The monoisotopic (exact) mass is 274 g/mol. The Morgan fingerprint density at radius 3 is 2.67 bits per heavy atom. The van der Waals surface area contributed by atoms with Gasteiger partial charge < -0.3 is 15.7 Å². The summed E-state index contributed by atoms with van der Waals surface area (Å²) in [5.74, 6) is 1.42. The molecule has 3 N–H and O–H groups in total. The van der Waals surface area contributed by atoms with Crippen LogP contribution in [0.5, 0.6) is 0 Å². The van der Waals surface area contributed by atoms with Gasteiger partial charge in [0.2, 0.25) is 0 Å². The number of amides is 2. The number of urea groups is 1. The van der Waals surface area contributed by atoms with Gasteiger partial charge in [0.05, 0.1) is 0 Å². The molecular weight excluding hydrogens is 252 g/mol. The van der Waals surface area contributed by atoms with E-state index in [0.29, 0.717) is 12.6 Å². The largest absolute Gasteiger partial charge is 0.481 e. The summed E-state index contributed by atoms with van der Waals surface area (Å²) in [6.07, 6.45) is 4.82. The van der Waals surface area contributed by atoms with E-state index >= 15 is 0 Å². The molecule has 1 atom stereocenters. The molecule has 2 amide bonds. The molecule has 0 aromatic rings. The number of carboxylic acids is 1. The maximum absolute atomic E-state index is 11.5. The van der Waals surface area contributed by atoms with Gasteiger partial charge in [-0.15, -0.1) is 0 Å². The Labute approximate surface area is 112 Å². The van der Waals surface area contributed by atoms with Crippen LogP contribution in [-0.2, 0) is 4.79 Å². The predicted molar refractivity (Wildman–Crippen MR) is 73.0 cm³/mol. The summed E-state index contributed by atoms with van der Waals surface area (Å²) in [7, 11) is 0. The zero-order valence-corrected chi connectivity index (χ0v) is 11.4. The molecule has 5 nitrogen and oxygen atoms in total. The average molecular weight is 274 g/mol. The highest BCUT2D eigenvalue weighted by Crippen LogP contribution is 2.16. The van der Waals surface area contributed by atoms with Gasteiger partial charge in [0.1, 0.15) is 0 Å². The lowest BCUT2D eigenvalue weighted by Crippen LogP contribution is -2.42. The maximum Gasteiger partial charge on any atom is 0.315 e. The molecule has 104 valence electrons. The number of rotatable bonds is 8. The normalized spacial score (nSPS) is 18.6. The molecule has 1 unspecified atom stereocenters. The van der Waals surface area contributed by atoms with E-state index in [-0.39, 0.29) is 12.5 Å². The van der Waals surface area contributed by atoms with Gasteiger partial charge in [0, 0.05) is 24.8 Å². The number of carbonyl (C=O) groups excluding carboxylic acids is 1. The molecule has 18 heavy (non-hydrogen) atoms. The van der Waals surface area contributed by atoms with Crippen LogP contribution in [0.3, 0.4) is 0 Å². The molecule has 0 aliphatic carbocycles. The van der Waals surface area contributed by atoms with Crippen molar-refractivity contribution in [1.82, 2.24) is 10.6 Å². The number of aliphatic carboxylic acids is 1. The molecule has 0 radical (unpaired) electrons. The molecule has 0 spiro atoms. The highest BCUT2D eigenvalue weighted by molar-refractivity contribution is 7.99. The van der Waals surface area contributed by atoms with Crippen LogP contribution in [0.2, 0.25) is 0 Å². The Morgan fingerprint density at radius 2 is 2.00 bits per heavy atom. The number of nitrogens with one attached hydrogen (secondary N) is 2. The third kappa shape index (κ3) is 7.42. The zero-order valence-electron chi connectivity index (χ0n) is 10.6. The Balaban J connectivity index is 1.87. The second kappa shape index (κ2) is 9.08. The topological polar surface area (TPSA) is 78.4 Å². The number of unbranched alkanes of at least 4 members (excludes halogenated alkanes) is 3. The van der Waals surface area contributed by atoms with E-state index in [2.05, 4.69) is 10.6 Å². The standard InChI is InChI=1S/C12H22N2O3S/c15-11(16)5-3-1-2-4-7-13-12(17)14-10-6-8-18-9-10/h10H,1-9H2,(H,15,16)(H2,13,14,17). The van der Waals surface area contributed by atoms with Crippen molar-refractivity contribution in [2.24, 2.45) is 0 Å². The Hall–Kier alpha value is -0.910. The first-order valence-corrected chi connectivity index (χ1v) is 7.68. The van der Waals surface area contributed by atoms with Crippen LogP contribution in [0, 0.1) is 0 Å². The van der Waals surface area contributed by atoms with Gasteiger partial charge in [-0.3, -0.25) is 4.79 Å². The number of hydrogen-bond donors (Lipinski definition) is 3. The van der Waals surface area contributed by atoms with E-state index in [1.54, 1.807) is 0 Å². The van der Waals surface area contributed by atoms with Gasteiger partial charge >= 0.3 is 12.0 Å². The Kier molecular flexibility index (Phi) is 7.64. The van der Waals surface area contributed by atoms with E-state index in [0.717, 1.165) is 43.6 Å². The molecule has 6 heteroatoms. The summed E-state index contributed by atoms with van der Waals surface area (Å²) in [5.41, 5.74) is 0. The first kappa shape index (κ1) is 15.1.